The fraction of sp³-hybridized carbons (Fsp3) is 0.471. The van der Waals surface area contributed by atoms with Crippen LogP contribution in [0.5, 0.6) is 5.75 Å². The molecule has 1 saturated carbocycles. The van der Waals surface area contributed by atoms with Crippen LogP contribution in [-0.2, 0) is 0 Å². The first-order chi connectivity index (χ1) is 10.3. The van der Waals surface area contributed by atoms with E-state index in [0.29, 0.717) is 12.6 Å². The van der Waals surface area contributed by atoms with Crippen molar-refractivity contribution in [2.45, 2.75) is 38.1 Å². The average molecular weight is 286 g/mol. The van der Waals surface area contributed by atoms with E-state index in [0.717, 1.165) is 24.2 Å². The van der Waals surface area contributed by atoms with Gasteiger partial charge in [-0.3, -0.25) is 0 Å². The zero-order chi connectivity index (χ0) is 14.9. The molecule has 0 unspecified atom stereocenters. The number of urea groups is 1. The minimum atomic E-state index is -0.128. The molecule has 0 saturated heterocycles. The predicted octanol–water partition coefficient (Wildman–Crippen LogP) is 2.68. The van der Waals surface area contributed by atoms with Crippen molar-refractivity contribution >= 4 is 6.03 Å². The van der Waals surface area contributed by atoms with E-state index in [1.54, 1.807) is 7.11 Å². The Morgan fingerprint density at radius 1 is 1.29 bits per heavy atom. The minimum Gasteiger partial charge on any atom is -0.495 e. The molecule has 0 spiro atoms. The summed E-state index contributed by atoms with van der Waals surface area (Å²) in [5, 5.41) is 5.77. The van der Waals surface area contributed by atoms with Crippen molar-refractivity contribution in [3.63, 3.8) is 0 Å². The largest absolute Gasteiger partial charge is 0.495 e. The third-order valence-corrected chi connectivity index (χ3v) is 3.61. The van der Waals surface area contributed by atoms with Crippen molar-refractivity contribution in [2.75, 3.05) is 13.7 Å². The summed E-state index contributed by atoms with van der Waals surface area (Å²) < 4.78 is 5.22. The number of benzene rings is 1. The van der Waals surface area contributed by atoms with Gasteiger partial charge < -0.3 is 15.4 Å². The van der Waals surface area contributed by atoms with Crippen LogP contribution >= 0.6 is 0 Å². The van der Waals surface area contributed by atoms with E-state index < -0.39 is 0 Å². The number of hydrogen-bond acceptors (Lipinski definition) is 2. The van der Waals surface area contributed by atoms with Crippen molar-refractivity contribution in [3.8, 4) is 17.6 Å². The first kappa shape index (κ1) is 15.2. The molecule has 1 aromatic rings. The van der Waals surface area contributed by atoms with Crippen LogP contribution in [0.1, 0.15) is 37.7 Å². The van der Waals surface area contributed by atoms with Crippen molar-refractivity contribution in [1.82, 2.24) is 10.6 Å². The molecular formula is C17H22N2O2. The van der Waals surface area contributed by atoms with Crippen LogP contribution < -0.4 is 15.4 Å². The summed E-state index contributed by atoms with van der Waals surface area (Å²) in [6.45, 7) is 0.330. The van der Waals surface area contributed by atoms with Gasteiger partial charge in [0.15, 0.2) is 0 Å². The molecule has 0 aliphatic heterocycles. The van der Waals surface area contributed by atoms with Crippen molar-refractivity contribution in [3.05, 3.63) is 29.8 Å². The molecule has 1 aliphatic carbocycles. The second-order valence-electron chi connectivity index (χ2n) is 5.16. The number of amides is 2. The standard InChI is InChI=1S/C17H22N2O2/c1-21-16-12-6-5-8-14(16)9-7-13-18-17(20)19-15-10-3-2-4-11-15/h5-6,8,12,15H,2-4,10-11,13H2,1H3,(H2,18,19,20). The van der Waals surface area contributed by atoms with Gasteiger partial charge in [0.2, 0.25) is 0 Å². The third-order valence-electron chi connectivity index (χ3n) is 3.61. The monoisotopic (exact) mass is 286 g/mol. The molecular weight excluding hydrogens is 264 g/mol. The fourth-order valence-electron chi connectivity index (χ4n) is 2.50. The lowest BCUT2D eigenvalue weighted by molar-refractivity contribution is 0.234. The van der Waals surface area contributed by atoms with Gasteiger partial charge in [0.1, 0.15) is 5.75 Å². The van der Waals surface area contributed by atoms with Crippen LogP contribution in [0, 0.1) is 11.8 Å². The fourth-order valence-corrected chi connectivity index (χ4v) is 2.50. The molecule has 4 nitrogen and oxygen atoms in total. The summed E-state index contributed by atoms with van der Waals surface area (Å²) in [5.41, 5.74) is 0.828. The maximum Gasteiger partial charge on any atom is 0.315 e. The quantitative estimate of drug-likeness (QED) is 0.839. The second-order valence-corrected chi connectivity index (χ2v) is 5.16. The molecule has 1 aliphatic rings. The van der Waals surface area contributed by atoms with Crippen molar-refractivity contribution < 1.29 is 9.53 Å². The Hall–Kier alpha value is -2.15. The highest BCUT2D eigenvalue weighted by Crippen LogP contribution is 2.17. The molecule has 2 amide bonds. The zero-order valence-electron chi connectivity index (χ0n) is 12.4. The van der Waals surface area contributed by atoms with Gasteiger partial charge in [0, 0.05) is 6.04 Å². The minimum absolute atomic E-state index is 0.128. The summed E-state index contributed by atoms with van der Waals surface area (Å²) in [4.78, 5) is 11.7. The lowest BCUT2D eigenvalue weighted by atomic mass is 9.96. The highest BCUT2D eigenvalue weighted by Gasteiger charge is 2.14. The first-order valence-corrected chi connectivity index (χ1v) is 7.46. The number of carbonyl (C=O) groups excluding carboxylic acids is 1. The molecule has 0 aromatic heterocycles. The highest BCUT2D eigenvalue weighted by molar-refractivity contribution is 5.74. The first-order valence-electron chi connectivity index (χ1n) is 7.46. The zero-order valence-corrected chi connectivity index (χ0v) is 12.4. The van der Waals surface area contributed by atoms with Gasteiger partial charge in [-0.2, -0.15) is 0 Å². The number of para-hydroxylation sites is 1. The van der Waals surface area contributed by atoms with E-state index in [9.17, 15) is 4.79 Å². The Bertz CT molecular complexity index is 525. The summed E-state index contributed by atoms with van der Waals surface area (Å²) in [5.74, 6) is 6.70. The van der Waals surface area contributed by atoms with Crippen molar-refractivity contribution in [1.29, 1.82) is 0 Å². The van der Waals surface area contributed by atoms with Gasteiger partial charge >= 0.3 is 6.03 Å². The molecule has 2 N–H and O–H groups in total. The Kier molecular flexibility index (Phi) is 5.96. The Balaban J connectivity index is 1.76. The second kappa shape index (κ2) is 8.21. The molecule has 1 aromatic carbocycles. The van der Waals surface area contributed by atoms with Crippen LogP contribution in [-0.4, -0.2) is 25.7 Å². The van der Waals surface area contributed by atoms with Crippen LogP contribution in [0.15, 0.2) is 24.3 Å². The van der Waals surface area contributed by atoms with E-state index in [1.165, 1.54) is 19.3 Å². The highest BCUT2D eigenvalue weighted by atomic mass is 16.5. The van der Waals surface area contributed by atoms with Gasteiger partial charge in [-0.15, -0.1) is 0 Å². The van der Waals surface area contributed by atoms with Crippen LogP contribution in [0.4, 0.5) is 4.79 Å². The summed E-state index contributed by atoms with van der Waals surface area (Å²) >= 11 is 0. The lowest BCUT2D eigenvalue weighted by Crippen LogP contribution is -2.42. The summed E-state index contributed by atoms with van der Waals surface area (Å²) in [7, 11) is 1.62. The number of ether oxygens (including phenoxy) is 1. The molecule has 2 rings (SSSR count). The Labute approximate surface area is 126 Å². The number of carbonyl (C=O) groups is 1. The Morgan fingerprint density at radius 2 is 2.05 bits per heavy atom. The van der Waals surface area contributed by atoms with Gasteiger partial charge in [-0.25, -0.2) is 4.79 Å². The molecule has 0 bridgehead atoms. The molecule has 21 heavy (non-hydrogen) atoms. The van der Waals surface area contributed by atoms with Crippen LogP contribution in [0.25, 0.3) is 0 Å². The molecule has 112 valence electrons. The molecule has 0 heterocycles. The predicted molar refractivity (Wildman–Crippen MR) is 83.3 cm³/mol. The normalized spacial score (nSPS) is 14.7. The summed E-state index contributed by atoms with van der Waals surface area (Å²) in [6, 6.07) is 7.77. The van der Waals surface area contributed by atoms with E-state index in [4.69, 9.17) is 4.74 Å². The third kappa shape index (κ3) is 5.03. The van der Waals surface area contributed by atoms with E-state index in [1.807, 2.05) is 24.3 Å². The lowest BCUT2D eigenvalue weighted by Gasteiger charge is -2.22. The number of hydrogen-bond donors (Lipinski definition) is 2. The Morgan fingerprint density at radius 3 is 2.81 bits per heavy atom. The van der Waals surface area contributed by atoms with Crippen LogP contribution in [0.3, 0.4) is 0 Å². The summed E-state index contributed by atoms with van der Waals surface area (Å²) in [6.07, 6.45) is 5.86. The van der Waals surface area contributed by atoms with E-state index in [2.05, 4.69) is 22.5 Å². The van der Waals surface area contributed by atoms with Gasteiger partial charge in [-0.05, 0) is 25.0 Å². The number of nitrogens with one attached hydrogen (secondary N) is 2. The van der Waals surface area contributed by atoms with E-state index in [-0.39, 0.29) is 6.03 Å². The van der Waals surface area contributed by atoms with Crippen molar-refractivity contribution in [2.24, 2.45) is 0 Å². The van der Waals surface area contributed by atoms with Gasteiger partial charge in [-0.1, -0.05) is 43.2 Å². The van der Waals surface area contributed by atoms with Gasteiger partial charge in [0.05, 0.1) is 19.2 Å². The maximum atomic E-state index is 11.7. The smallest absolute Gasteiger partial charge is 0.315 e. The van der Waals surface area contributed by atoms with E-state index >= 15 is 0 Å². The maximum absolute atomic E-state index is 11.7. The SMILES string of the molecule is COc1ccccc1C#CCNC(=O)NC1CCCCC1. The molecule has 4 heteroatoms. The molecule has 1 fully saturated rings. The number of rotatable bonds is 3. The van der Waals surface area contributed by atoms with Crippen LogP contribution in [0.2, 0.25) is 0 Å². The molecule has 0 radical (unpaired) electrons. The topological polar surface area (TPSA) is 50.4 Å². The molecule has 0 atom stereocenters. The van der Waals surface area contributed by atoms with Gasteiger partial charge in [0.25, 0.3) is 0 Å². The average Bonchev–Trinajstić information content (AvgIpc) is 2.53. The number of methoxy groups -OCH3 is 1.